The van der Waals surface area contributed by atoms with Crippen molar-refractivity contribution >= 4 is 50.2 Å². The Morgan fingerprint density at radius 1 is 1.32 bits per heavy atom. The maximum absolute atomic E-state index is 12.9. The van der Waals surface area contributed by atoms with Crippen LogP contribution in [0, 0.1) is 5.41 Å². The number of oxime groups is 1. The molecule has 3 rings (SSSR count). The molecule has 0 bridgehead atoms. The second-order valence-electron chi connectivity index (χ2n) is 8.18. The van der Waals surface area contributed by atoms with Crippen molar-refractivity contribution in [2.24, 2.45) is 10.9 Å². The molecule has 2 amide bonds. The molecule has 0 aliphatic carbocycles. The third-order valence-electron chi connectivity index (χ3n) is 5.07. The Kier molecular flexibility index (Phi) is 8.32. The summed E-state index contributed by atoms with van der Waals surface area (Å²) in [6, 6.07) is 5.48. The summed E-state index contributed by atoms with van der Waals surface area (Å²) in [5, 5.41) is 15.8. The van der Waals surface area contributed by atoms with Crippen molar-refractivity contribution in [3.05, 3.63) is 40.9 Å². The number of β-lactam (4-membered cyclic amide) rings is 1. The van der Waals surface area contributed by atoms with Crippen molar-refractivity contribution in [3.63, 3.8) is 0 Å². The van der Waals surface area contributed by atoms with E-state index in [-0.39, 0.29) is 35.6 Å². The number of nitrogen functional groups attached to an aromatic ring is 2. The minimum atomic E-state index is -4.94. The Morgan fingerprint density at radius 3 is 2.54 bits per heavy atom. The average molecular weight is 556 g/mol. The van der Waals surface area contributed by atoms with E-state index in [1.54, 1.807) is 24.3 Å². The van der Waals surface area contributed by atoms with Crippen LogP contribution in [0.4, 0.5) is 5.13 Å². The van der Waals surface area contributed by atoms with Gasteiger partial charge in [-0.15, -0.1) is 15.6 Å². The van der Waals surface area contributed by atoms with Crippen molar-refractivity contribution in [1.29, 1.82) is 5.41 Å². The van der Waals surface area contributed by atoms with Crippen molar-refractivity contribution in [2.45, 2.75) is 31.8 Å². The molecular formula is C20H25N7O8S2. The summed E-state index contributed by atoms with van der Waals surface area (Å²) in [6.45, 7) is 3.19. The summed E-state index contributed by atoms with van der Waals surface area (Å²) in [5.41, 5.74) is 10.2. The monoisotopic (exact) mass is 555 g/mol. The highest BCUT2D eigenvalue weighted by atomic mass is 32.3. The van der Waals surface area contributed by atoms with Crippen LogP contribution >= 0.6 is 11.3 Å². The first kappa shape index (κ1) is 27.8. The fourth-order valence-electron chi connectivity index (χ4n) is 3.17. The smallest absolute Gasteiger partial charge is 0.418 e. The summed E-state index contributed by atoms with van der Waals surface area (Å²) in [4.78, 5) is 34.5. The standard InChI is InChI=1S/C20H25N7O8S2/c1-20(2)15(18(29)27(20)35-37(30,31)32)25-17(28)14(13-10-36-19(23)24-13)26-34-9-3-8-33-12-6-4-11(5-7-12)16(21)22/h4-7,10,15H,3,8-9H2,1-2H3,(H3,21,22)(H2,23,24)(H,25,28)(H,30,31,32)/b26-14-/t15-/m1/s1. The summed E-state index contributed by atoms with van der Waals surface area (Å²) < 4.78 is 40.7. The number of hydrogen-bond donors (Lipinski definition) is 5. The lowest BCUT2D eigenvalue weighted by atomic mass is 9.84. The Morgan fingerprint density at radius 2 is 2.00 bits per heavy atom. The third-order valence-corrected chi connectivity index (χ3v) is 6.08. The quantitative estimate of drug-likeness (QED) is 0.0585. The normalized spacial score (nSPS) is 17.2. The van der Waals surface area contributed by atoms with Gasteiger partial charge in [0.25, 0.3) is 11.8 Å². The lowest BCUT2D eigenvalue weighted by molar-refractivity contribution is -0.218. The number of amides is 2. The number of thiazole rings is 1. The third kappa shape index (κ3) is 6.91. The van der Waals surface area contributed by atoms with Crippen LogP contribution in [-0.4, -0.2) is 71.2 Å². The minimum Gasteiger partial charge on any atom is -0.493 e. The zero-order chi connectivity index (χ0) is 27.4. The highest BCUT2D eigenvalue weighted by Gasteiger charge is 2.58. The molecule has 200 valence electrons. The number of carbonyl (C=O) groups excluding carboxylic acids is 2. The largest absolute Gasteiger partial charge is 0.493 e. The molecule has 2 heterocycles. The fraction of sp³-hybridized carbons (Fsp3) is 0.350. The molecule has 17 heteroatoms. The Labute approximate surface area is 215 Å². The van der Waals surface area contributed by atoms with E-state index < -0.39 is 33.8 Å². The second-order valence-corrected chi connectivity index (χ2v) is 10.1. The summed E-state index contributed by atoms with van der Waals surface area (Å²) in [7, 11) is -4.94. The van der Waals surface area contributed by atoms with Gasteiger partial charge in [0.1, 0.15) is 29.9 Å². The number of nitrogens with one attached hydrogen (secondary N) is 2. The van der Waals surface area contributed by atoms with Gasteiger partial charge >= 0.3 is 10.4 Å². The molecule has 1 aliphatic heterocycles. The molecule has 7 N–H and O–H groups in total. The van der Waals surface area contributed by atoms with Crippen molar-refractivity contribution < 1.29 is 36.4 Å². The van der Waals surface area contributed by atoms with Crippen LogP contribution in [0.25, 0.3) is 0 Å². The van der Waals surface area contributed by atoms with Crippen molar-refractivity contribution in [2.75, 3.05) is 18.9 Å². The maximum Gasteiger partial charge on any atom is 0.418 e. The number of anilines is 1. The molecule has 1 fully saturated rings. The maximum atomic E-state index is 12.9. The number of amidine groups is 1. The van der Waals surface area contributed by atoms with Gasteiger partial charge in [0.2, 0.25) is 0 Å². The fourth-order valence-corrected chi connectivity index (χ4v) is 4.18. The number of rotatable bonds is 12. The van der Waals surface area contributed by atoms with Gasteiger partial charge in [-0.3, -0.25) is 19.6 Å². The van der Waals surface area contributed by atoms with Gasteiger partial charge in [-0.25, -0.2) is 4.98 Å². The lowest BCUT2D eigenvalue weighted by Crippen LogP contribution is -2.76. The molecule has 1 aromatic carbocycles. The van der Waals surface area contributed by atoms with Crippen LogP contribution in [0.15, 0.2) is 34.8 Å². The SMILES string of the molecule is CC1(C)[C@H](NC(=O)/C(=N\OCCCOc2ccc(C(=N)N)cc2)c2csc(N)n2)C(=O)N1OS(=O)(=O)O. The van der Waals surface area contributed by atoms with Crippen LogP contribution in [0.3, 0.4) is 0 Å². The van der Waals surface area contributed by atoms with E-state index in [0.717, 1.165) is 11.3 Å². The average Bonchev–Trinajstić information content (AvgIpc) is 3.25. The van der Waals surface area contributed by atoms with Gasteiger partial charge in [0.05, 0.1) is 12.1 Å². The molecule has 2 aromatic rings. The zero-order valence-corrected chi connectivity index (χ0v) is 21.3. The van der Waals surface area contributed by atoms with Crippen molar-refractivity contribution in [1.82, 2.24) is 15.4 Å². The number of hydroxylamine groups is 2. The zero-order valence-electron chi connectivity index (χ0n) is 19.7. The molecule has 1 aromatic heterocycles. The molecule has 15 nitrogen and oxygen atoms in total. The molecule has 0 unspecified atom stereocenters. The molecule has 0 spiro atoms. The first-order valence-electron chi connectivity index (χ1n) is 10.6. The summed E-state index contributed by atoms with van der Waals surface area (Å²) in [5.74, 6) is -1.20. The molecule has 0 saturated carbocycles. The number of nitrogens with zero attached hydrogens (tertiary/aromatic N) is 3. The van der Waals surface area contributed by atoms with E-state index in [1.165, 1.54) is 19.2 Å². The number of benzene rings is 1. The lowest BCUT2D eigenvalue weighted by Gasteiger charge is -2.50. The van der Waals surface area contributed by atoms with Gasteiger partial charge in [0.15, 0.2) is 10.8 Å². The first-order valence-corrected chi connectivity index (χ1v) is 12.8. The van der Waals surface area contributed by atoms with Crippen molar-refractivity contribution in [3.8, 4) is 5.75 Å². The Hall–Kier alpha value is -3.80. The van der Waals surface area contributed by atoms with Gasteiger partial charge in [-0.05, 0) is 38.1 Å². The molecule has 1 atom stereocenters. The first-order chi connectivity index (χ1) is 17.3. The molecule has 0 radical (unpaired) electrons. The Balaban J connectivity index is 1.59. The number of ether oxygens (including phenoxy) is 1. The van der Waals surface area contributed by atoms with Crippen LogP contribution in [0.5, 0.6) is 5.75 Å². The molecule has 37 heavy (non-hydrogen) atoms. The topological polar surface area (TPSA) is 233 Å². The van der Waals surface area contributed by atoms with Gasteiger partial charge < -0.3 is 26.4 Å². The second kappa shape index (κ2) is 11.1. The van der Waals surface area contributed by atoms with Crippen LogP contribution in [0.1, 0.15) is 31.5 Å². The predicted octanol–water partition coefficient (Wildman–Crippen LogP) is 0.0392. The van der Waals surface area contributed by atoms with Gasteiger partial charge in [0, 0.05) is 17.4 Å². The van der Waals surface area contributed by atoms with E-state index in [0.29, 0.717) is 22.8 Å². The summed E-state index contributed by atoms with van der Waals surface area (Å²) in [6.07, 6.45) is 0.405. The van der Waals surface area contributed by atoms with Gasteiger partial charge in [-0.2, -0.15) is 13.5 Å². The van der Waals surface area contributed by atoms with E-state index in [1.807, 2.05) is 0 Å². The molecule has 1 aliphatic rings. The highest BCUT2D eigenvalue weighted by molar-refractivity contribution is 7.80. The predicted molar refractivity (Wildman–Crippen MR) is 132 cm³/mol. The van der Waals surface area contributed by atoms with E-state index in [9.17, 15) is 18.0 Å². The number of hydrogen-bond acceptors (Lipinski definition) is 12. The molecular weight excluding hydrogens is 530 g/mol. The number of nitrogens with two attached hydrogens (primary N) is 2. The Bertz CT molecular complexity index is 1310. The van der Waals surface area contributed by atoms with E-state index in [4.69, 9.17) is 31.0 Å². The summed E-state index contributed by atoms with van der Waals surface area (Å²) >= 11 is 1.06. The highest BCUT2D eigenvalue weighted by Crippen LogP contribution is 2.32. The van der Waals surface area contributed by atoms with Gasteiger partial charge in [-0.1, -0.05) is 5.16 Å². The number of carbonyl (C=O) groups is 2. The van der Waals surface area contributed by atoms with Crippen LogP contribution in [0.2, 0.25) is 0 Å². The molecule has 1 saturated heterocycles. The van der Waals surface area contributed by atoms with Crippen LogP contribution in [-0.2, 0) is 29.1 Å². The van der Waals surface area contributed by atoms with Crippen LogP contribution < -0.4 is 21.5 Å². The van der Waals surface area contributed by atoms with E-state index >= 15 is 0 Å². The van der Waals surface area contributed by atoms with E-state index in [2.05, 4.69) is 19.7 Å². The minimum absolute atomic E-state index is 0.0477. The number of aromatic nitrogens is 1.